The first kappa shape index (κ1) is 19.8. The highest BCUT2D eigenvalue weighted by atomic mass is 16.5. The number of para-hydroxylation sites is 1. The lowest BCUT2D eigenvalue weighted by atomic mass is 10.0. The van der Waals surface area contributed by atoms with E-state index in [1.807, 2.05) is 57.5 Å². The number of nitrogens with zero attached hydrogens (tertiary/aromatic N) is 2. The molecule has 0 aliphatic heterocycles. The molecular formula is C22H28N4O2. The van der Waals surface area contributed by atoms with Gasteiger partial charge in [0.15, 0.2) is 0 Å². The Morgan fingerprint density at radius 2 is 1.82 bits per heavy atom. The number of hydrogen-bond acceptors (Lipinski definition) is 3. The van der Waals surface area contributed by atoms with Crippen LogP contribution in [0, 0.1) is 0 Å². The van der Waals surface area contributed by atoms with Gasteiger partial charge < -0.3 is 24.8 Å². The summed E-state index contributed by atoms with van der Waals surface area (Å²) in [6, 6.07) is 15.9. The van der Waals surface area contributed by atoms with Gasteiger partial charge >= 0.3 is 6.03 Å². The smallest absolute Gasteiger partial charge is 0.315 e. The maximum atomic E-state index is 12.3. The van der Waals surface area contributed by atoms with Crippen molar-refractivity contribution >= 4 is 16.9 Å². The van der Waals surface area contributed by atoms with Gasteiger partial charge in [0.2, 0.25) is 0 Å². The van der Waals surface area contributed by atoms with Crippen molar-refractivity contribution in [2.45, 2.75) is 12.6 Å². The minimum atomic E-state index is -0.178. The minimum Gasteiger partial charge on any atom is -0.497 e. The number of ether oxygens (including phenoxy) is 1. The maximum absolute atomic E-state index is 12.3. The number of benzene rings is 2. The Balaban J connectivity index is 1.62. The molecule has 0 saturated carbocycles. The molecule has 28 heavy (non-hydrogen) atoms. The predicted octanol–water partition coefficient (Wildman–Crippen LogP) is 3.29. The third-order valence-electron chi connectivity index (χ3n) is 4.98. The van der Waals surface area contributed by atoms with Gasteiger partial charge in [-0.25, -0.2) is 4.79 Å². The highest BCUT2D eigenvalue weighted by molar-refractivity contribution is 5.84. The van der Waals surface area contributed by atoms with E-state index in [4.69, 9.17) is 4.74 Å². The quantitative estimate of drug-likeness (QED) is 0.661. The Morgan fingerprint density at radius 1 is 1.11 bits per heavy atom. The third kappa shape index (κ3) is 4.46. The van der Waals surface area contributed by atoms with Gasteiger partial charge in [0, 0.05) is 37.2 Å². The summed E-state index contributed by atoms with van der Waals surface area (Å²) in [6.45, 7) is 0.992. The first-order chi connectivity index (χ1) is 13.5. The first-order valence-electron chi connectivity index (χ1n) is 9.34. The second-order valence-corrected chi connectivity index (χ2v) is 7.10. The van der Waals surface area contributed by atoms with Crippen molar-refractivity contribution in [3.63, 3.8) is 0 Å². The van der Waals surface area contributed by atoms with Crippen molar-refractivity contribution < 1.29 is 9.53 Å². The highest BCUT2D eigenvalue weighted by Gasteiger charge is 2.19. The lowest BCUT2D eigenvalue weighted by Gasteiger charge is -2.24. The summed E-state index contributed by atoms with van der Waals surface area (Å²) in [6.07, 6.45) is 2.15. The Kier molecular flexibility index (Phi) is 6.21. The molecular weight excluding hydrogens is 352 g/mol. The number of likely N-dealkylation sites (N-methyl/N-ethyl adjacent to an activating group) is 1. The van der Waals surface area contributed by atoms with E-state index in [9.17, 15) is 4.79 Å². The number of fused-ring (bicyclic) bond motifs is 1. The molecule has 6 heteroatoms. The molecule has 0 aliphatic carbocycles. The molecule has 1 unspecified atom stereocenters. The zero-order valence-corrected chi connectivity index (χ0v) is 16.9. The molecule has 6 nitrogen and oxygen atoms in total. The van der Waals surface area contributed by atoms with Gasteiger partial charge in [-0.05, 0) is 43.4 Å². The van der Waals surface area contributed by atoms with E-state index in [1.165, 1.54) is 16.5 Å². The molecule has 0 aliphatic rings. The molecule has 0 spiro atoms. The van der Waals surface area contributed by atoms with E-state index in [-0.39, 0.29) is 12.1 Å². The molecule has 1 atom stereocenters. The van der Waals surface area contributed by atoms with Crippen molar-refractivity contribution in [2.24, 2.45) is 7.05 Å². The number of aromatic nitrogens is 1. The van der Waals surface area contributed by atoms with Gasteiger partial charge in [-0.2, -0.15) is 0 Å². The number of urea groups is 1. The Labute approximate surface area is 166 Å². The van der Waals surface area contributed by atoms with Crippen LogP contribution in [0.1, 0.15) is 17.2 Å². The van der Waals surface area contributed by atoms with Gasteiger partial charge in [0.1, 0.15) is 5.75 Å². The van der Waals surface area contributed by atoms with Gasteiger partial charge in [0.25, 0.3) is 0 Å². The Hall–Kier alpha value is -2.99. The lowest BCUT2D eigenvalue weighted by molar-refractivity contribution is 0.232. The molecule has 148 valence electrons. The van der Waals surface area contributed by atoms with Crippen LogP contribution in [0.5, 0.6) is 5.75 Å². The number of amides is 2. The zero-order valence-electron chi connectivity index (χ0n) is 16.9. The molecule has 2 N–H and O–H groups in total. The predicted molar refractivity (Wildman–Crippen MR) is 113 cm³/mol. The SMILES string of the molecule is COc1ccc(CNC(=O)NCC(c2cn(C)c3ccccc23)N(C)C)cc1. The summed E-state index contributed by atoms with van der Waals surface area (Å²) >= 11 is 0. The Morgan fingerprint density at radius 3 is 2.50 bits per heavy atom. The summed E-state index contributed by atoms with van der Waals surface area (Å²) in [5.41, 5.74) is 3.42. The zero-order chi connectivity index (χ0) is 20.1. The van der Waals surface area contributed by atoms with Crippen LogP contribution in [0.15, 0.2) is 54.7 Å². The van der Waals surface area contributed by atoms with Crippen LogP contribution in [0.25, 0.3) is 10.9 Å². The lowest BCUT2D eigenvalue weighted by Crippen LogP contribution is -2.40. The highest BCUT2D eigenvalue weighted by Crippen LogP contribution is 2.28. The monoisotopic (exact) mass is 380 g/mol. The van der Waals surface area contributed by atoms with E-state index < -0.39 is 0 Å². The first-order valence-corrected chi connectivity index (χ1v) is 9.34. The van der Waals surface area contributed by atoms with Crippen LogP contribution in [0.2, 0.25) is 0 Å². The van der Waals surface area contributed by atoms with E-state index in [0.717, 1.165) is 11.3 Å². The van der Waals surface area contributed by atoms with Crippen molar-refractivity contribution in [3.05, 3.63) is 65.9 Å². The summed E-state index contributed by atoms with van der Waals surface area (Å²) in [7, 11) is 7.75. The molecule has 1 aromatic heterocycles. The van der Waals surface area contributed by atoms with Crippen molar-refractivity contribution in [2.75, 3.05) is 27.7 Å². The molecule has 2 amide bonds. The van der Waals surface area contributed by atoms with Crippen LogP contribution in [-0.4, -0.2) is 43.2 Å². The summed E-state index contributed by atoms with van der Waals surface area (Å²) in [5.74, 6) is 0.803. The molecule has 0 bridgehead atoms. The molecule has 0 fully saturated rings. The maximum Gasteiger partial charge on any atom is 0.315 e. The van der Waals surface area contributed by atoms with E-state index in [0.29, 0.717) is 13.1 Å². The van der Waals surface area contributed by atoms with Crippen LogP contribution in [0.4, 0.5) is 4.79 Å². The number of carbonyl (C=O) groups excluding carboxylic acids is 1. The molecule has 0 saturated heterocycles. The van der Waals surface area contributed by atoms with E-state index in [2.05, 4.69) is 38.4 Å². The van der Waals surface area contributed by atoms with Crippen LogP contribution >= 0.6 is 0 Å². The fourth-order valence-electron chi connectivity index (χ4n) is 3.39. The van der Waals surface area contributed by atoms with E-state index in [1.54, 1.807) is 7.11 Å². The number of nitrogens with one attached hydrogen (secondary N) is 2. The number of methoxy groups -OCH3 is 1. The summed E-state index contributed by atoms with van der Waals surface area (Å²) in [5, 5.41) is 7.13. The molecule has 3 aromatic rings. The van der Waals surface area contributed by atoms with Crippen molar-refractivity contribution in [3.8, 4) is 5.75 Å². The van der Waals surface area contributed by atoms with E-state index >= 15 is 0 Å². The molecule has 3 rings (SSSR count). The second-order valence-electron chi connectivity index (χ2n) is 7.10. The standard InChI is InChI=1S/C22H28N4O2/c1-25(2)21(19-15-26(3)20-8-6-5-7-18(19)20)14-24-22(27)23-13-16-9-11-17(28-4)12-10-16/h5-12,15,21H,13-14H2,1-4H3,(H2,23,24,27). The largest absolute Gasteiger partial charge is 0.497 e. The van der Waals surface area contributed by atoms with Crippen LogP contribution in [0.3, 0.4) is 0 Å². The van der Waals surface area contributed by atoms with Gasteiger partial charge in [-0.15, -0.1) is 0 Å². The summed E-state index contributed by atoms with van der Waals surface area (Å²) in [4.78, 5) is 14.4. The minimum absolute atomic E-state index is 0.0813. The van der Waals surface area contributed by atoms with Gasteiger partial charge in [0.05, 0.1) is 13.2 Å². The fourth-order valence-corrected chi connectivity index (χ4v) is 3.39. The van der Waals surface area contributed by atoms with Crippen molar-refractivity contribution in [1.29, 1.82) is 0 Å². The average Bonchev–Trinajstić information content (AvgIpc) is 3.03. The second kappa shape index (κ2) is 8.80. The number of hydrogen-bond donors (Lipinski definition) is 2. The molecule has 2 aromatic carbocycles. The van der Waals surface area contributed by atoms with Gasteiger partial charge in [-0.3, -0.25) is 0 Å². The number of aryl methyl sites for hydroxylation is 1. The number of rotatable bonds is 7. The van der Waals surface area contributed by atoms with Crippen molar-refractivity contribution in [1.82, 2.24) is 20.1 Å². The van der Waals surface area contributed by atoms with Crippen LogP contribution < -0.4 is 15.4 Å². The normalized spacial score (nSPS) is 12.2. The summed E-state index contributed by atoms with van der Waals surface area (Å²) < 4.78 is 7.28. The van der Waals surface area contributed by atoms with Crippen LogP contribution in [-0.2, 0) is 13.6 Å². The third-order valence-corrected chi connectivity index (χ3v) is 4.98. The fraction of sp³-hybridized carbons (Fsp3) is 0.318. The van der Waals surface area contributed by atoms with Gasteiger partial charge in [-0.1, -0.05) is 30.3 Å². The average molecular weight is 380 g/mol. The Bertz CT molecular complexity index is 931. The molecule has 1 heterocycles. The molecule has 0 radical (unpaired) electrons. The number of carbonyl (C=O) groups is 1. The topological polar surface area (TPSA) is 58.5 Å².